The normalized spacial score (nSPS) is 10.5. The van der Waals surface area contributed by atoms with Gasteiger partial charge in [-0.1, -0.05) is 35.9 Å². The monoisotopic (exact) mass is 318 g/mol. The second kappa shape index (κ2) is 7.82. The first-order chi connectivity index (χ1) is 10.6. The second-order valence-electron chi connectivity index (χ2n) is 5.05. The summed E-state index contributed by atoms with van der Waals surface area (Å²) in [5.74, 6) is 0.567. The van der Waals surface area contributed by atoms with E-state index >= 15 is 0 Å². The number of hydrogen-bond donors (Lipinski definition) is 1. The molecule has 0 saturated heterocycles. The number of likely N-dealkylation sites (N-methyl/N-ethyl adjacent to an activating group) is 1. The Morgan fingerprint density at radius 1 is 1.18 bits per heavy atom. The van der Waals surface area contributed by atoms with Crippen molar-refractivity contribution in [3.8, 4) is 5.75 Å². The Labute approximate surface area is 135 Å². The van der Waals surface area contributed by atoms with E-state index in [1.807, 2.05) is 60.5 Å². The number of carbonyl (C=O) groups excluding carboxylic acids is 1. The molecule has 22 heavy (non-hydrogen) atoms. The van der Waals surface area contributed by atoms with Crippen LogP contribution in [0.25, 0.3) is 0 Å². The molecule has 2 rings (SSSR count). The fraction of sp³-hybridized carbons (Fsp3) is 0.235. The zero-order valence-electron chi connectivity index (χ0n) is 12.7. The number of ether oxygens (including phenoxy) is 1. The van der Waals surface area contributed by atoms with Crippen molar-refractivity contribution < 1.29 is 9.53 Å². The SMILES string of the molecule is COc1ccccc1NC(=O)CN(C)Cc1ccc(Cl)cc1. The zero-order valence-corrected chi connectivity index (χ0v) is 13.4. The summed E-state index contributed by atoms with van der Waals surface area (Å²) < 4.78 is 5.22. The second-order valence-corrected chi connectivity index (χ2v) is 5.48. The summed E-state index contributed by atoms with van der Waals surface area (Å²) in [7, 11) is 3.48. The third-order valence-corrected chi connectivity index (χ3v) is 3.41. The predicted molar refractivity (Wildman–Crippen MR) is 89.4 cm³/mol. The van der Waals surface area contributed by atoms with E-state index in [9.17, 15) is 4.79 Å². The molecule has 0 atom stereocenters. The van der Waals surface area contributed by atoms with E-state index in [4.69, 9.17) is 16.3 Å². The Morgan fingerprint density at radius 2 is 1.86 bits per heavy atom. The van der Waals surface area contributed by atoms with Crippen LogP contribution in [0.1, 0.15) is 5.56 Å². The number of carbonyl (C=O) groups is 1. The first kappa shape index (κ1) is 16.3. The summed E-state index contributed by atoms with van der Waals surface area (Å²) in [5, 5.41) is 3.57. The van der Waals surface area contributed by atoms with Crippen LogP contribution in [0.2, 0.25) is 5.02 Å². The van der Waals surface area contributed by atoms with Crippen LogP contribution in [0.3, 0.4) is 0 Å². The number of amides is 1. The molecule has 2 aromatic carbocycles. The van der Waals surface area contributed by atoms with E-state index < -0.39 is 0 Å². The third-order valence-electron chi connectivity index (χ3n) is 3.16. The molecule has 0 spiro atoms. The standard InChI is InChI=1S/C17H19ClN2O2/c1-20(11-13-7-9-14(18)10-8-13)12-17(21)19-15-5-3-4-6-16(15)22-2/h3-10H,11-12H2,1-2H3,(H,19,21). The Bertz CT molecular complexity index is 629. The molecule has 0 radical (unpaired) electrons. The molecule has 0 saturated carbocycles. The highest BCUT2D eigenvalue weighted by Gasteiger charge is 2.10. The van der Waals surface area contributed by atoms with E-state index in [-0.39, 0.29) is 5.91 Å². The van der Waals surface area contributed by atoms with E-state index in [1.165, 1.54) is 0 Å². The number of rotatable bonds is 6. The molecule has 0 heterocycles. The topological polar surface area (TPSA) is 41.6 Å². The highest BCUT2D eigenvalue weighted by Crippen LogP contribution is 2.22. The lowest BCUT2D eigenvalue weighted by molar-refractivity contribution is -0.117. The van der Waals surface area contributed by atoms with Crippen LogP contribution < -0.4 is 10.1 Å². The molecule has 4 nitrogen and oxygen atoms in total. The van der Waals surface area contributed by atoms with Gasteiger partial charge in [-0.3, -0.25) is 9.69 Å². The van der Waals surface area contributed by atoms with E-state index in [1.54, 1.807) is 7.11 Å². The van der Waals surface area contributed by atoms with E-state index in [2.05, 4.69) is 5.32 Å². The molecule has 0 aliphatic rings. The molecule has 116 valence electrons. The smallest absolute Gasteiger partial charge is 0.238 e. The molecule has 0 aliphatic carbocycles. The lowest BCUT2D eigenvalue weighted by atomic mass is 10.2. The number of halogens is 1. The molecular weight excluding hydrogens is 300 g/mol. The van der Waals surface area contributed by atoms with Crippen LogP contribution in [0.15, 0.2) is 48.5 Å². The Hall–Kier alpha value is -2.04. The molecule has 0 unspecified atom stereocenters. The summed E-state index contributed by atoms with van der Waals surface area (Å²) in [6, 6.07) is 15.0. The van der Waals surface area contributed by atoms with Crippen molar-refractivity contribution >= 4 is 23.2 Å². The van der Waals surface area contributed by atoms with Gasteiger partial charge in [0.25, 0.3) is 0 Å². The van der Waals surface area contributed by atoms with Crippen LogP contribution in [-0.4, -0.2) is 31.5 Å². The van der Waals surface area contributed by atoms with Crippen molar-refractivity contribution in [1.82, 2.24) is 4.90 Å². The van der Waals surface area contributed by atoms with Gasteiger partial charge in [0, 0.05) is 11.6 Å². The summed E-state index contributed by atoms with van der Waals surface area (Å²) in [6.45, 7) is 0.969. The van der Waals surface area contributed by atoms with E-state index in [0.29, 0.717) is 29.5 Å². The third kappa shape index (κ3) is 4.76. The number of para-hydroxylation sites is 2. The highest BCUT2D eigenvalue weighted by atomic mass is 35.5. The van der Waals surface area contributed by atoms with Gasteiger partial charge in [-0.2, -0.15) is 0 Å². The van der Waals surface area contributed by atoms with Gasteiger partial charge in [-0.15, -0.1) is 0 Å². The molecular formula is C17H19ClN2O2. The number of hydrogen-bond acceptors (Lipinski definition) is 3. The van der Waals surface area contributed by atoms with Crippen molar-refractivity contribution in [1.29, 1.82) is 0 Å². The quantitative estimate of drug-likeness (QED) is 0.887. The maximum atomic E-state index is 12.1. The van der Waals surface area contributed by atoms with Gasteiger partial charge in [0.2, 0.25) is 5.91 Å². The summed E-state index contributed by atoms with van der Waals surface area (Å²) in [4.78, 5) is 14.0. The Kier molecular flexibility index (Phi) is 5.81. The van der Waals surface area contributed by atoms with Gasteiger partial charge < -0.3 is 10.1 Å². The van der Waals surface area contributed by atoms with Crippen molar-refractivity contribution in [2.45, 2.75) is 6.54 Å². The molecule has 1 amide bonds. The fourth-order valence-electron chi connectivity index (χ4n) is 2.14. The number of methoxy groups -OCH3 is 1. The van der Waals surface area contributed by atoms with Gasteiger partial charge >= 0.3 is 0 Å². The number of benzene rings is 2. The minimum Gasteiger partial charge on any atom is -0.495 e. The first-order valence-corrected chi connectivity index (χ1v) is 7.32. The molecule has 0 aliphatic heterocycles. The van der Waals surface area contributed by atoms with Gasteiger partial charge in [-0.05, 0) is 36.9 Å². The minimum atomic E-state index is -0.0824. The van der Waals surface area contributed by atoms with Crippen molar-refractivity contribution in [2.75, 3.05) is 26.0 Å². The lowest BCUT2D eigenvalue weighted by Gasteiger charge is -2.17. The Balaban J connectivity index is 1.89. The summed E-state index contributed by atoms with van der Waals surface area (Å²) in [6.07, 6.45) is 0. The highest BCUT2D eigenvalue weighted by molar-refractivity contribution is 6.30. The van der Waals surface area contributed by atoms with Crippen LogP contribution in [-0.2, 0) is 11.3 Å². The summed E-state index contributed by atoms with van der Waals surface area (Å²) in [5.41, 5.74) is 1.78. The van der Waals surface area contributed by atoms with Crippen LogP contribution in [0.5, 0.6) is 5.75 Å². The minimum absolute atomic E-state index is 0.0824. The molecule has 1 N–H and O–H groups in total. The maximum absolute atomic E-state index is 12.1. The molecule has 5 heteroatoms. The maximum Gasteiger partial charge on any atom is 0.238 e. The van der Waals surface area contributed by atoms with Crippen molar-refractivity contribution in [2.24, 2.45) is 0 Å². The number of nitrogens with zero attached hydrogens (tertiary/aromatic N) is 1. The molecule has 0 aromatic heterocycles. The number of nitrogens with one attached hydrogen (secondary N) is 1. The molecule has 0 bridgehead atoms. The average Bonchev–Trinajstić information content (AvgIpc) is 2.50. The average molecular weight is 319 g/mol. The number of anilines is 1. The van der Waals surface area contributed by atoms with Gasteiger partial charge in [0.15, 0.2) is 0 Å². The largest absolute Gasteiger partial charge is 0.495 e. The zero-order chi connectivity index (χ0) is 15.9. The van der Waals surface area contributed by atoms with Crippen molar-refractivity contribution in [3.05, 3.63) is 59.1 Å². The molecule has 2 aromatic rings. The van der Waals surface area contributed by atoms with Crippen LogP contribution in [0.4, 0.5) is 5.69 Å². The predicted octanol–water partition coefficient (Wildman–Crippen LogP) is 3.42. The van der Waals surface area contributed by atoms with Crippen LogP contribution >= 0.6 is 11.6 Å². The van der Waals surface area contributed by atoms with Gasteiger partial charge in [0.1, 0.15) is 5.75 Å². The van der Waals surface area contributed by atoms with Gasteiger partial charge in [0.05, 0.1) is 19.3 Å². The lowest BCUT2D eigenvalue weighted by Crippen LogP contribution is -2.29. The fourth-order valence-corrected chi connectivity index (χ4v) is 2.27. The van der Waals surface area contributed by atoms with Crippen LogP contribution in [0, 0.1) is 0 Å². The summed E-state index contributed by atoms with van der Waals surface area (Å²) >= 11 is 5.86. The van der Waals surface area contributed by atoms with E-state index in [0.717, 1.165) is 5.56 Å². The van der Waals surface area contributed by atoms with Crippen molar-refractivity contribution in [3.63, 3.8) is 0 Å². The first-order valence-electron chi connectivity index (χ1n) is 6.94. The Morgan fingerprint density at radius 3 is 2.55 bits per heavy atom. The molecule has 0 fully saturated rings. The van der Waals surface area contributed by atoms with Gasteiger partial charge in [-0.25, -0.2) is 0 Å².